The van der Waals surface area contributed by atoms with Gasteiger partial charge in [0, 0.05) is 0 Å². The van der Waals surface area contributed by atoms with Crippen LogP contribution in [0.2, 0.25) is 0 Å². The Labute approximate surface area is 196 Å². The summed E-state index contributed by atoms with van der Waals surface area (Å²) in [7, 11) is 2.04. The van der Waals surface area contributed by atoms with E-state index >= 15 is 0 Å². The second-order valence-electron chi connectivity index (χ2n) is 7.72. The third kappa shape index (κ3) is 4.38. The van der Waals surface area contributed by atoms with Crippen molar-refractivity contribution in [3.8, 4) is 6.07 Å². The number of hydrogen-bond acceptors (Lipinski definition) is 1. The van der Waals surface area contributed by atoms with E-state index in [-0.39, 0.29) is 0 Å². The van der Waals surface area contributed by atoms with Crippen molar-refractivity contribution < 1.29 is 78.8 Å². The maximum atomic E-state index is 14.5. The second kappa shape index (κ2) is 9.30. The van der Waals surface area contributed by atoms with Crippen LogP contribution in [0.5, 0.6) is 0 Å². The number of halogens is 17. The van der Waals surface area contributed by atoms with Crippen LogP contribution in [0, 0.1) is 11.3 Å². The Morgan fingerprint density at radius 2 is 1.11 bits per heavy atom. The van der Waals surface area contributed by atoms with Crippen LogP contribution in [0.25, 0.3) is 0 Å². The van der Waals surface area contributed by atoms with Crippen molar-refractivity contribution in [1.82, 2.24) is 4.57 Å². The first-order chi connectivity index (χ1) is 16.0. The molecule has 220 valence electrons. The average molecular weight is 605 g/mol. The van der Waals surface area contributed by atoms with E-state index in [1.165, 1.54) is 12.8 Å². The molecule has 3 nitrogen and oxygen atoms in total. The summed E-state index contributed by atoms with van der Waals surface area (Å²) < 4.78 is 224. The van der Waals surface area contributed by atoms with Gasteiger partial charge in [0.2, 0.25) is 6.33 Å². The molecule has 0 radical (unpaired) electrons. The number of aryl methyl sites for hydroxylation is 2. The number of alkyl halides is 15. The summed E-state index contributed by atoms with van der Waals surface area (Å²) >= 11 is 0. The molecule has 21 heteroatoms. The van der Waals surface area contributed by atoms with Gasteiger partial charge in [0.15, 0.2) is 0 Å². The van der Waals surface area contributed by atoms with Gasteiger partial charge < -0.3 is 0 Å². The van der Waals surface area contributed by atoms with Gasteiger partial charge in [0.25, 0.3) is 0 Å². The first-order valence-corrected chi connectivity index (χ1v) is 12.0. The molecular weight excluding hydrogens is 588 g/mol. The molecule has 1 rings (SSSR count). The van der Waals surface area contributed by atoms with Crippen LogP contribution in [-0.4, -0.2) is 46.2 Å². The van der Waals surface area contributed by atoms with E-state index < -0.39 is 54.3 Å². The predicted molar refractivity (Wildman–Crippen MR) is 93.1 cm³/mol. The zero-order valence-electron chi connectivity index (χ0n) is 18.3. The van der Waals surface area contributed by atoms with Crippen molar-refractivity contribution >= 4 is 6.57 Å². The molecule has 1 heterocycles. The summed E-state index contributed by atoms with van der Waals surface area (Å²) in [5.41, 5.74) is -27.9. The number of unbranched alkanes of at least 4 members (excludes halogenated alkanes) is 1. The van der Waals surface area contributed by atoms with Gasteiger partial charge in [-0.1, -0.05) is 13.3 Å². The summed E-state index contributed by atoms with van der Waals surface area (Å²) in [5, 5.41) is 7.82. The zero-order valence-corrected chi connectivity index (χ0v) is 19.2. The number of rotatable bonds is 7. The average Bonchev–Trinajstić information content (AvgIpc) is 3.09. The molecule has 0 unspecified atom stereocenters. The first-order valence-electron chi connectivity index (χ1n) is 9.32. The first kappa shape index (κ1) is 34.9. The zero-order chi connectivity index (χ0) is 30.2. The second-order valence-corrected chi connectivity index (χ2v) is 13.0. The third-order valence-electron chi connectivity index (χ3n) is 5.12. The van der Waals surface area contributed by atoms with Gasteiger partial charge in [-0.05, 0) is 6.42 Å². The maximum absolute atomic E-state index is 14.5. The Kier molecular flexibility index (Phi) is 8.78. The van der Waals surface area contributed by atoms with Gasteiger partial charge in [-0.15, -0.1) is 0 Å². The van der Waals surface area contributed by atoms with Crippen molar-refractivity contribution in [2.24, 2.45) is 7.05 Å². The fourth-order valence-electron chi connectivity index (χ4n) is 2.90. The molecule has 0 atom stereocenters. The van der Waals surface area contributed by atoms with E-state index in [2.05, 4.69) is 34.8 Å². The van der Waals surface area contributed by atoms with Gasteiger partial charge in [-0.25, -0.2) is 9.13 Å². The summed E-state index contributed by atoms with van der Waals surface area (Å²) in [6.45, 7) is -10.6. The van der Waals surface area contributed by atoms with Crippen LogP contribution < -0.4 is 4.57 Å². The molecule has 1 aromatic heterocycles. The SMILES string of the molecule is CCCCn1cc[n+](C)c1.N#CC[P-](F)(F)(C(F)(F)C(F)(F)F)(C(F)(F)C(F)(F)F)C(F)(F)C(F)(F)F. The van der Waals surface area contributed by atoms with Crippen molar-refractivity contribution in [3.63, 3.8) is 0 Å². The molecule has 0 saturated carbocycles. The van der Waals surface area contributed by atoms with Gasteiger partial charge in [0.05, 0.1) is 13.6 Å². The van der Waals surface area contributed by atoms with E-state index in [1.54, 1.807) is 0 Å². The molecule has 0 saturated heterocycles. The van der Waals surface area contributed by atoms with Gasteiger partial charge in [-0.2, -0.15) is 0 Å². The van der Waals surface area contributed by atoms with E-state index in [9.17, 15) is 74.3 Å². The third-order valence-corrected chi connectivity index (χ3v) is 10.9. The number of nitrogens with zero attached hydrogens (tertiary/aromatic N) is 3. The topological polar surface area (TPSA) is 32.6 Å². The number of nitriles is 1. The van der Waals surface area contributed by atoms with Crippen molar-refractivity contribution in [3.05, 3.63) is 18.7 Å². The molecular formula is C16H17F17N3P. The van der Waals surface area contributed by atoms with E-state index in [4.69, 9.17) is 5.26 Å². The van der Waals surface area contributed by atoms with Crippen molar-refractivity contribution in [2.45, 2.75) is 61.8 Å². The summed E-state index contributed by atoms with van der Waals surface area (Å²) in [6, 6.07) is -0.905. The van der Waals surface area contributed by atoms with E-state index in [1.807, 2.05) is 7.05 Å². The van der Waals surface area contributed by atoms with Crippen LogP contribution in [0.3, 0.4) is 0 Å². The molecule has 0 spiro atoms. The van der Waals surface area contributed by atoms with Gasteiger partial charge in [0.1, 0.15) is 12.4 Å². The van der Waals surface area contributed by atoms with Gasteiger partial charge >= 0.3 is 134 Å². The standard InChI is InChI=1S/C8H2F17NP.C8H15N2/c9-3(10,11)6(18,19)27(24,25,2-1-26,7(20,21)4(12,13)14)8(22,23)5(15,16)17;1-3-4-5-10-7-6-9(2)8-10/h2H2;6-8H,3-5H2,1-2H3/q-1;+1. The number of aromatic nitrogens is 2. The Hall–Kier alpha value is -2.06. The van der Waals surface area contributed by atoms with Crippen LogP contribution >= 0.6 is 6.57 Å². The molecule has 0 N–H and O–H groups in total. The van der Waals surface area contributed by atoms with E-state index in [0.29, 0.717) is 0 Å². The van der Waals surface area contributed by atoms with Crippen LogP contribution in [0.15, 0.2) is 18.7 Å². The summed E-state index contributed by atoms with van der Waals surface area (Å²) in [6.07, 6.45) is -21.7. The quantitative estimate of drug-likeness (QED) is 0.177. The molecule has 0 aliphatic heterocycles. The molecule has 1 aromatic rings. The molecule has 0 amide bonds. The van der Waals surface area contributed by atoms with Crippen LogP contribution in [0.1, 0.15) is 19.8 Å². The van der Waals surface area contributed by atoms with Crippen LogP contribution in [-0.2, 0) is 13.6 Å². The Morgan fingerprint density at radius 3 is 1.32 bits per heavy atom. The molecule has 37 heavy (non-hydrogen) atoms. The Balaban J connectivity index is 0.00000107. The molecule has 0 aromatic carbocycles. The minimum atomic E-state index is -13.9. The van der Waals surface area contributed by atoms with E-state index in [0.717, 1.165) is 6.54 Å². The number of imidazole rings is 1. The monoisotopic (exact) mass is 605 g/mol. The fourth-order valence-corrected chi connectivity index (χ4v) is 6.74. The molecule has 0 bridgehead atoms. The normalized spacial score (nSPS) is 16.3. The Bertz CT molecular complexity index is 920. The number of hydrogen-bond donors (Lipinski definition) is 0. The summed E-state index contributed by atoms with van der Waals surface area (Å²) in [5.74, 6) is 0. The fraction of sp³-hybridized carbons (Fsp3) is 0.750. The van der Waals surface area contributed by atoms with Crippen LogP contribution in [0.4, 0.5) is 74.3 Å². The van der Waals surface area contributed by atoms with Gasteiger partial charge in [-0.3, -0.25) is 0 Å². The Morgan fingerprint density at radius 1 is 0.757 bits per heavy atom. The minimum absolute atomic E-state index is 0.905. The van der Waals surface area contributed by atoms with Crippen molar-refractivity contribution in [2.75, 3.05) is 6.16 Å². The molecule has 0 aliphatic carbocycles. The summed E-state index contributed by atoms with van der Waals surface area (Å²) in [4.78, 5) is 0. The molecule has 0 fully saturated rings. The predicted octanol–water partition coefficient (Wildman–Crippen LogP) is 7.95. The molecule has 0 aliphatic rings. The van der Waals surface area contributed by atoms with Crippen molar-refractivity contribution in [1.29, 1.82) is 5.26 Å².